The first-order valence-corrected chi connectivity index (χ1v) is 7.70. The second-order valence-corrected chi connectivity index (χ2v) is 6.41. The number of rotatable bonds is 3. The van der Waals surface area contributed by atoms with Gasteiger partial charge in [0.1, 0.15) is 0 Å². The summed E-state index contributed by atoms with van der Waals surface area (Å²) in [6.07, 6.45) is -4.54. The number of carbonyl (C=O) groups is 3. The summed E-state index contributed by atoms with van der Waals surface area (Å²) in [6, 6.07) is 2.19. The van der Waals surface area contributed by atoms with Gasteiger partial charge in [-0.05, 0) is 31.5 Å². The van der Waals surface area contributed by atoms with Gasteiger partial charge in [0.2, 0.25) is 5.91 Å². The van der Waals surface area contributed by atoms with Crippen LogP contribution in [0.2, 0.25) is 0 Å². The van der Waals surface area contributed by atoms with E-state index in [0.717, 1.165) is 24.0 Å². The number of hydrogen-bond acceptors (Lipinski definition) is 3. The predicted molar refractivity (Wildman–Crippen MR) is 86.7 cm³/mol. The second-order valence-electron chi connectivity index (χ2n) is 6.41. The highest BCUT2D eigenvalue weighted by atomic mass is 19.4. The zero-order valence-corrected chi connectivity index (χ0v) is 14.1. The van der Waals surface area contributed by atoms with E-state index in [2.05, 4.69) is 10.6 Å². The number of nitrogens with zero attached hydrogens (tertiary/aromatic N) is 1. The Labute approximate surface area is 147 Å². The SMILES string of the molecule is CC(=O)Nc1ccc(NC(=O)N2CCC(C)(C(=O)O)C2)c(C(F)(F)F)c1. The van der Waals surface area contributed by atoms with Crippen molar-refractivity contribution in [3.05, 3.63) is 23.8 Å². The smallest absolute Gasteiger partial charge is 0.418 e. The van der Waals surface area contributed by atoms with Gasteiger partial charge in [-0.1, -0.05) is 0 Å². The molecule has 1 fully saturated rings. The van der Waals surface area contributed by atoms with Crippen molar-refractivity contribution in [1.29, 1.82) is 0 Å². The lowest BCUT2D eigenvalue weighted by Gasteiger charge is -2.22. The van der Waals surface area contributed by atoms with E-state index in [1.54, 1.807) is 0 Å². The minimum absolute atomic E-state index is 0.0533. The normalized spacial score (nSPS) is 20.0. The summed E-state index contributed by atoms with van der Waals surface area (Å²) in [7, 11) is 0. The highest BCUT2D eigenvalue weighted by Gasteiger charge is 2.42. The largest absolute Gasteiger partial charge is 0.481 e. The molecule has 7 nitrogen and oxygen atoms in total. The molecular weight excluding hydrogens is 355 g/mol. The Morgan fingerprint density at radius 1 is 1.23 bits per heavy atom. The second kappa shape index (κ2) is 6.85. The van der Waals surface area contributed by atoms with Crippen molar-refractivity contribution in [1.82, 2.24) is 4.90 Å². The van der Waals surface area contributed by atoms with Crippen LogP contribution >= 0.6 is 0 Å². The molecular formula is C16H18F3N3O4. The number of nitrogens with one attached hydrogen (secondary N) is 2. The van der Waals surface area contributed by atoms with E-state index < -0.39 is 40.7 Å². The van der Waals surface area contributed by atoms with Crippen LogP contribution in [0.15, 0.2) is 18.2 Å². The lowest BCUT2D eigenvalue weighted by atomic mass is 9.90. The van der Waals surface area contributed by atoms with Gasteiger partial charge in [-0.3, -0.25) is 9.59 Å². The van der Waals surface area contributed by atoms with Gasteiger partial charge in [-0.2, -0.15) is 13.2 Å². The number of alkyl halides is 3. The van der Waals surface area contributed by atoms with Crippen LogP contribution < -0.4 is 10.6 Å². The molecule has 1 unspecified atom stereocenters. The molecule has 1 aromatic carbocycles. The molecule has 1 heterocycles. The minimum Gasteiger partial charge on any atom is -0.481 e. The van der Waals surface area contributed by atoms with Crippen molar-refractivity contribution in [2.24, 2.45) is 5.41 Å². The molecule has 1 saturated heterocycles. The zero-order valence-electron chi connectivity index (χ0n) is 14.1. The van der Waals surface area contributed by atoms with Crippen LogP contribution in [0, 0.1) is 5.41 Å². The summed E-state index contributed by atoms with van der Waals surface area (Å²) in [4.78, 5) is 35.6. The maximum Gasteiger partial charge on any atom is 0.418 e. The first kappa shape index (κ1) is 19.5. The minimum atomic E-state index is -4.75. The molecule has 0 radical (unpaired) electrons. The number of hydrogen-bond donors (Lipinski definition) is 3. The summed E-state index contributed by atoms with van der Waals surface area (Å²) in [5.41, 5.74) is -2.76. The van der Waals surface area contributed by atoms with E-state index in [1.807, 2.05) is 0 Å². The van der Waals surface area contributed by atoms with E-state index in [1.165, 1.54) is 13.0 Å². The molecule has 142 valence electrons. The van der Waals surface area contributed by atoms with E-state index in [0.29, 0.717) is 0 Å². The van der Waals surface area contributed by atoms with Gasteiger partial charge in [0.25, 0.3) is 0 Å². The molecule has 0 aliphatic carbocycles. The highest BCUT2D eigenvalue weighted by Crippen LogP contribution is 2.37. The van der Waals surface area contributed by atoms with Crippen molar-refractivity contribution in [3.63, 3.8) is 0 Å². The number of aliphatic carboxylic acids is 1. The average molecular weight is 373 g/mol. The van der Waals surface area contributed by atoms with Gasteiger partial charge in [0, 0.05) is 25.7 Å². The molecule has 3 amide bonds. The van der Waals surface area contributed by atoms with Crippen molar-refractivity contribution < 1.29 is 32.7 Å². The molecule has 0 saturated carbocycles. The number of benzene rings is 1. The van der Waals surface area contributed by atoms with Gasteiger partial charge in [-0.25, -0.2) is 4.79 Å². The number of amides is 3. The number of carbonyl (C=O) groups excluding carboxylic acids is 2. The number of anilines is 2. The third kappa shape index (κ3) is 4.24. The molecule has 0 aromatic heterocycles. The topological polar surface area (TPSA) is 98.7 Å². The van der Waals surface area contributed by atoms with Gasteiger partial charge < -0.3 is 20.6 Å². The molecule has 1 atom stereocenters. The van der Waals surface area contributed by atoms with Gasteiger partial charge in [0.05, 0.1) is 16.7 Å². The Kier molecular flexibility index (Phi) is 5.15. The van der Waals surface area contributed by atoms with Gasteiger partial charge in [-0.15, -0.1) is 0 Å². The Bertz CT molecular complexity index is 751. The molecule has 0 spiro atoms. The Hall–Kier alpha value is -2.78. The lowest BCUT2D eigenvalue weighted by Crippen LogP contribution is -2.37. The molecule has 26 heavy (non-hydrogen) atoms. The van der Waals surface area contributed by atoms with Gasteiger partial charge in [0.15, 0.2) is 0 Å². The average Bonchev–Trinajstić information content (AvgIpc) is 2.91. The summed E-state index contributed by atoms with van der Waals surface area (Å²) >= 11 is 0. The van der Waals surface area contributed by atoms with Crippen LogP contribution in [0.3, 0.4) is 0 Å². The molecule has 0 bridgehead atoms. The summed E-state index contributed by atoms with van der Waals surface area (Å²) in [5.74, 6) is -1.59. The van der Waals surface area contributed by atoms with Crippen LogP contribution in [-0.2, 0) is 15.8 Å². The lowest BCUT2D eigenvalue weighted by molar-refractivity contribution is -0.147. The van der Waals surface area contributed by atoms with Crippen LogP contribution in [0.5, 0.6) is 0 Å². The highest BCUT2D eigenvalue weighted by molar-refractivity contribution is 5.93. The molecule has 2 rings (SSSR count). The van der Waals surface area contributed by atoms with Crippen LogP contribution in [0.4, 0.5) is 29.3 Å². The fourth-order valence-electron chi connectivity index (χ4n) is 2.67. The first-order chi connectivity index (χ1) is 11.9. The molecule has 1 aromatic rings. The van der Waals surface area contributed by atoms with Crippen LogP contribution in [0.1, 0.15) is 25.8 Å². The quantitative estimate of drug-likeness (QED) is 0.759. The van der Waals surface area contributed by atoms with Gasteiger partial charge >= 0.3 is 18.2 Å². The Balaban J connectivity index is 2.22. The maximum absolute atomic E-state index is 13.3. The number of likely N-dealkylation sites (tertiary alicyclic amines) is 1. The maximum atomic E-state index is 13.3. The van der Waals surface area contributed by atoms with Crippen molar-refractivity contribution >= 4 is 29.3 Å². The molecule has 1 aliphatic heterocycles. The number of carboxylic acid groups (broad SMARTS) is 1. The van der Waals surface area contributed by atoms with Crippen molar-refractivity contribution in [2.45, 2.75) is 26.4 Å². The zero-order chi connectivity index (χ0) is 19.7. The molecule has 10 heteroatoms. The van der Waals surface area contributed by atoms with E-state index in [9.17, 15) is 32.7 Å². The molecule has 1 aliphatic rings. The Morgan fingerprint density at radius 3 is 2.38 bits per heavy atom. The Morgan fingerprint density at radius 2 is 1.88 bits per heavy atom. The summed E-state index contributed by atoms with van der Waals surface area (Å²) in [6.45, 7) is 2.67. The van der Waals surface area contributed by atoms with Crippen molar-refractivity contribution in [3.8, 4) is 0 Å². The van der Waals surface area contributed by atoms with Crippen molar-refractivity contribution in [2.75, 3.05) is 23.7 Å². The number of halogens is 3. The van der Waals surface area contributed by atoms with Crippen LogP contribution in [0.25, 0.3) is 0 Å². The number of urea groups is 1. The molecule has 3 N–H and O–H groups in total. The van der Waals surface area contributed by atoms with E-state index >= 15 is 0 Å². The third-order valence-electron chi connectivity index (χ3n) is 4.16. The van der Waals surface area contributed by atoms with E-state index in [4.69, 9.17) is 0 Å². The predicted octanol–water partition coefficient (Wildman–Crippen LogP) is 2.99. The number of carboxylic acids is 1. The summed E-state index contributed by atoms with van der Waals surface area (Å²) < 4.78 is 39.8. The monoisotopic (exact) mass is 373 g/mol. The van der Waals surface area contributed by atoms with E-state index in [-0.39, 0.29) is 25.2 Å². The third-order valence-corrected chi connectivity index (χ3v) is 4.16. The first-order valence-electron chi connectivity index (χ1n) is 7.70. The standard InChI is InChI=1S/C16H18F3N3O4/c1-9(23)20-10-3-4-12(11(7-10)16(17,18)19)21-14(26)22-6-5-15(2,8-22)13(24)25/h3-4,7H,5-6,8H2,1-2H3,(H,20,23)(H,21,26)(H,24,25). The fourth-order valence-corrected chi connectivity index (χ4v) is 2.67. The summed E-state index contributed by atoms with van der Waals surface area (Å²) in [5, 5.41) is 13.6. The fraction of sp³-hybridized carbons (Fsp3) is 0.438. The van der Waals surface area contributed by atoms with Crippen LogP contribution in [-0.4, -0.2) is 41.0 Å².